The molecule has 0 unspecified atom stereocenters. The van der Waals surface area contributed by atoms with E-state index in [0.717, 1.165) is 12.0 Å². The Morgan fingerprint density at radius 2 is 2.24 bits per heavy atom. The van der Waals surface area contributed by atoms with Crippen molar-refractivity contribution in [3.05, 3.63) is 33.9 Å². The fourth-order valence-corrected chi connectivity index (χ4v) is 1.87. The molecule has 90 valence electrons. The summed E-state index contributed by atoms with van der Waals surface area (Å²) in [6, 6.07) is 4.60. The summed E-state index contributed by atoms with van der Waals surface area (Å²) >= 11 is 0. The van der Waals surface area contributed by atoms with Gasteiger partial charge in [0.1, 0.15) is 5.69 Å². The summed E-state index contributed by atoms with van der Waals surface area (Å²) < 4.78 is 0. The van der Waals surface area contributed by atoms with Crippen molar-refractivity contribution in [3.8, 4) is 0 Å². The van der Waals surface area contributed by atoms with Gasteiger partial charge in [-0.3, -0.25) is 15.0 Å². The minimum absolute atomic E-state index is 0.0259. The van der Waals surface area contributed by atoms with E-state index in [2.05, 4.69) is 5.32 Å². The van der Waals surface area contributed by atoms with E-state index in [-0.39, 0.29) is 11.7 Å². The number of hydrogen-bond acceptors (Lipinski definition) is 3. The number of hydrogen-bond donors (Lipinski definition) is 1. The molecule has 0 aliphatic carbocycles. The first kappa shape index (κ1) is 11.4. The van der Waals surface area contributed by atoms with Crippen LogP contribution in [0.5, 0.6) is 0 Å². The van der Waals surface area contributed by atoms with Crippen LogP contribution in [0.1, 0.15) is 12.0 Å². The lowest BCUT2D eigenvalue weighted by Crippen LogP contribution is -2.46. The lowest BCUT2D eigenvalue weighted by Gasteiger charge is -2.27. The zero-order chi connectivity index (χ0) is 12.4. The zero-order valence-corrected chi connectivity index (χ0v) is 9.47. The summed E-state index contributed by atoms with van der Waals surface area (Å²) in [6.45, 7) is 2.91. The molecule has 0 atom stereocenters. The number of aryl methyl sites for hydroxylation is 1. The molecule has 6 nitrogen and oxygen atoms in total. The Kier molecular flexibility index (Phi) is 2.95. The van der Waals surface area contributed by atoms with Crippen molar-refractivity contribution in [2.75, 3.05) is 18.0 Å². The second-order valence-corrected chi connectivity index (χ2v) is 3.99. The van der Waals surface area contributed by atoms with Crippen molar-refractivity contribution in [3.63, 3.8) is 0 Å². The van der Waals surface area contributed by atoms with Crippen LogP contribution >= 0.6 is 0 Å². The predicted octanol–water partition coefficient (Wildman–Crippen LogP) is 1.82. The molecule has 1 aromatic rings. The van der Waals surface area contributed by atoms with Gasteiger partial charge in [-0.05, 0) is 25.0 Å². The molecule has 2 rings (SSSR count). The molecule has 0 saturated carbocycles. The van der Waals surface area contributed by atoms with E-state index in [1.165, 1.54) is 11.0 Å². The molecular formula is C11H13N3O3. The van der Waals surface area contributed by atoms with E-state index in [0.29, 0.717) is 18.8 Å². The average molecular weight is 235 g/mol. The van der Waals surface area contributed by atoms with Crippen molar-refractivity contribution in [2.24, 2.45) is 0 Å². The molecule has 1 fully saturated rings. The van der Waals surface area contributed by atoms with E-state index in [1.807, 2.05) is 0 Å². The molecule has 0 bridgehead atoms. The minimum atomic E-state index is -0.454. The first-order valence-electron chi connectivity index (χ1n) is 5.40. The highest BCUT2D eigenvalue weighted by molar-refractivity contribution is 5.95. The number of nitro benzene ring substituents is 1. The van der Waals surface area contributed by atoms with E-state index < -0.39 is 4.92 Å². The molecule has 6 heteroatoms. The fourth-order valence-electron chi connectivity index (χ4n) is 1.87. The number of rotatable bonds is 2. The SMILES string of the molecule is Cc1ccc(N2CCCNC2=O)c([N+](=O)[O-])c1. The lowest BCUT2D eigenvalue weighted by atomic mass is 10.1. The Labute approximate surface area is 98.4 Å². The summed E-state index contributed by atoms with van der Waals surface area (Å²) in [7, 11) is 0. The molecule has 2 amide bonds. The van der Waals surface area contributed by atoms with Crippen molar-refractivity contribution in [1.29, 1.82) is 0 Å². The Morgan fingerprint density at radius 3 is 2.88 bits per heavy atom. The molecular weight excluding hydrogens is 222 g/mol. The molecule has 0 spiro atoms. The summed E-state index contributed by atoms with van der Waals surface area (Å²) in [5.41, 5.74) is 1.14. The third kappa shape index (κ3) is 2.20. The molecule has 1 heterocycles. The normalized spacial score (nSPS) is 15.6. The number of nitrogens with zero attached hydrogens (tertiary/aromatic N) is 2. The van der Waals surface area contributed by atoms with Gasteiger partial charge in [-0.1, -0.05) is 6.07 Å². The van der Waals surface area contributed by atoms with Crippen LogP contribution in [-0.2, 0) is 0 Å². The van der Waals surface area contributed by atoms with Crippen LogP contribution in [0.15, 0.2) is 18.2 Å². The minimum Gasteiger partial charge on any atom is -0.338 e. The van der Waals surface area contributed by atoms with Gasteiger partial charge >= 0.3 is 6.03 Å². The summed E-state index contributed by atoms with van der Waals surface area (Å²) in [5.74, 6) is 0. The quantitative estimate of drug-likeness (QED) is 0.627. The van der Waals surface area contributed by atoms with Crippen LogP contribution in [0.25, 0.3) is 0 Å². The van der Waals surface area contributed by atoms with E-state index >= 15 is 0 Å². The smallest absolute Gasteiger partial charge is 0.322 e. The summed E-state index contributed by atoms with van der Waals surface area (Å²) in [6.07, 6.45) is 0.788. The van der Waals surface area contributed by atoms with Gasteiger partial charge in [-0.2, -0.15) is 0 Å². The first-order valence-corrected chi connectivity index (χ1v) is 5.40. The number of benzene rings is 1. The Balaban J connectivity index is 2.43. The molecule has 1 aromatic carbocycles. The molecule has 1 aliphatic heterocycles. The largest absolute Gasteiger partial charge is 0.338 e. The van der Waals surface area contributed by atoms with Crippen LogP contribution in [0, 0.1) is 17.0 Å². The highest BCUT2D eigenvalue weighted by atomic mass is 16.6. The molecule has 0 aromatic heterocycles. The second-order valence-electron chi connectivity index (χ2n) is 3.99. The Morgan fingerprint density at radius 1 is 1.47 bits per heavy atom. The van der Waals surface area contributed by atoms with Gasteiger partial charge in [0, 0.05) is 19.2 Å². The fraction of sp³-hybridized carbons (Fsp3) is 0.364. The molecule has 0 radical (unpaired) electrons. The van der Waals surface area contributed by atoms with Crippen LogP contribution in [0.2, 0.25) is 0 Å². The number of nitrogens with one attached hydrogen (secondary N) is 1. The van der Waals surface area contributed by atoms with Crippen molar-refractivity contribution >= 4 is 17.4 Å². The maximum atomic E-state index is 11.6. The van der Waals surface area contributed by atoms with Crippen LogP contribution in [0.4, 0.5) is 16.2 Å². The number of urea groups is 1. The molecule has 17 heavy (non-hydrogen) atoms. The summed E-state index contributed by atoms with van der Waals surface area (Å²) in [5, 5.41) is 13.6. The topological polar surface area (TPSA) is 75.5 Å². The molecule has 1 aliphatic rings. The third-order valence-electron chi connectivity index (χ3n) is 2.70. The number of nitro groups is 1. The van der Waals surface area contributed by atoms with Gasteiger partial charge < -0.3 is 5.32 Å². The number of anilines is 1. The standard InChI is InChI=1S/C11H13N3O3/c1-8-3-4-9(10(7-8)14(16)17)13-6-2-5-12-11(13)15/h3-4,7H,2,5-6H2,1H3,(H,12,15). The van der Waals surface area contributed by atoms with Crippen LogP contribution in [-0.4, -0.2) is 24.0 Å². The predicted molar refractivity (Wildman–Crippen MR) is 63.2 cm³/mol. The van der Waals surface area contributed by atoms with Gasteiger partial charge in [0.25, 0.3) is 5.69 Å². The summed E-state index contributed by atoms with van der Waals surface area (Å²) in [4.78, 5) is 23.6. The first-order chi connectivity index (χ1) is 8.09. The van der Waals surface area contributed by atoms with E-state index in [4.69, 9.17) is 0 Å². The van der Waals surface area contributed by atoms with Gasteiger partial charge in [0.15, 0.2) is 0 Å². The van der Waals surface area contributed by atoms with Crippen molar-refractivity contribution in [1.82, 2.24) is 5.32 Å². The van der Waals surface area contributed by atoms with E-state index in [1.54, 1.807) is 19.1 Å². The Hall–Kier alpha value is -2.11. The van der Waals surface area contributed by atoms with Gasteiger partial charge in [0.05, 0.1) is 4.92 Å². The van der Waals surface area contributed by atoms with Crippen LogP contribution < -0.4 is 10.2 Å². The number of amides is 2. The van der Waals surface area contributed by atoms with Gasteiger partial charge in [-0.25, -0.2) is 4.79 Å². The van der Waals surface area contributed by atoms with Gasteiger partial charge in [-0.15, -0.1) is 0 Å². The number of carbonyl (C=O) groups excluding carboxylic acids is 1. The highest BCUT2D eigenvalue weighted by Crippen LogP contribution is 2.29. The average Bonchev–Trinajstić information content (AvgIpc) is 2.30. The van der Waals surface area contributed by atoms with E-state index in [9.17, 15) is 14.9 Å². The second kappa shape index (κ2) is 4.40. The number of carbonyl (C=O) groups is 1. The molecule has 1 saturated heterocycles. The van der Waals surface area contributed by atoms with Crippen molar-refractivity contribution in [2.45, 2.75) is 13.3 Å². The van der Waals surface area contributed by atoms with Crippen LogP contribution in [0.3, 0.4) is 0 Å². The zero-order valence-electron chi connectivity index (χ0n) is 9.47. The maximum Gasteiger partial charge on any atom is 0.322 e. The molecule has 1 N–H and O–H groups in total. The Bertz CT molecular complexity index is 473. The van der Waals surface area contributed by atoms with Crippen molar-refractivity contribution < 1.29 is 9.72 Å². The highest BCUT2D eigenvalue weighted by Gasteiger charge is 2.26. The monoisotopic (exact) mass is 235 g/mol. The maximum absolute atomic E-state index is 11.6. The van der Waals surface area contributed by atoms with Gasteiger partial charge in [0.2, 0.25) is 0 Å². The third-order valence-corrected chi connectivity index (χ3v) is 2.70. The lowest BCUT2D eigenvalue weighted by molar-refractivity contribution is -0.384.